The summed E-state index contributed by atoms with van der Waals surface area (Å²) in [6.45, 7) is 3.34. The van der Waals surface area contributed by atoms with Crippen molar-refractivity contribution in [2.75, 3.05) is 40.3 Å². The lowest BCUT2D eigenvalue weighted by molar-refractivity contribution is -0.136. The molecule has 2 fully saturated rings. The molecule has 126 valence electrons. The van der Waals surface area contributed by atoms with E-state index in [1.165, 1.54) is 0 Å². The van der Waals surface area contributed by atoms with Gasteiger partial charge in [0.2, 0.25) is 17.7 Å². The van der Waals surface area contributed by atoms with E-state index in [4.69, 9.17) is 9.47 Å². The number of amides is 1. The summed E-state index contributed by atoms with van der Waals surface area (Å²) in [5, 5.41) is 7.87. The maximum absolute atomic E-state index is 12.6. The van der Waals surface area contributed by atoms with Crippen LogP contribution in [0.5, 0.6) is 11.8 Å². The molecule has 1 aromatic heterocycles. The minimum absolute atomic E-state index is 0.0111. The lowest BCUT2D eigenvalue weighted by Crippen LogP contribution is -2.43. The van der Waals surface area contributed by atoms with Gasteiger partial charge in [-0.15, -0.1) is 10.2 Å². The summed E-state index contributed by atoms with van der Waals surface area (Å²) in [5.41, 5.74) is 0. The van der Waals surface area contributed by atoms with Crippen LogP contribution >= 0.6 is 0 Å². The molecule has 2 atom stereocenters. The van der Waals surface area contributed by atoms with Gasteiger partial charge in [0.25, 0.3) is 0 Å². The molecule has 2 unspecified atom stereocenters. The summed E-state index contributed by atoms with van der Waals surface area (Å²) in [6, 6.07) is 3.46. The second-order valence-electron chi connectivity index (χ2n) is 6.33. The normalized spacial score (nSPS) is 25.4. The zero-order chi connectivity index (χ0) is 16.2. The fourth-order valence-electron chi connectivity index (χ4n) is 3.30. The van der Waals surface area contributed by atoms with E-state index in [1.807, 2.05) is 4.90 Å². The molecule has 0 aromatic carbocycles. The lowest BCUT2D eigenvalue weighted by atomic mass is 9.97. The molecular formula is C16H24N4O3. The number of ether oxygens (including phenoxy) is 2. The number of methoxy groups -OCH3 is 1. The molecule has 7 heteroatoms. The molecule has 0 spiro atoms. The summed E-state index contributed by atoms with van der Waals surface area (Å²) < 4.78 is 10.8. The molecule has 1 aromatic rings. The van der Waals surface area contributed by atoms with Crippen LogP contribution in [0.3, 0.4) is 0 Å². The van der Waals surface area contributed by atoms with Gasteiger partial charge in [-0.05, 0) is 26.4 Å². The molecule has 1 amide bonds. The van der Waals surface area contributed by atoms with Gasteiger partial charge in [0.1, 0.15) is 6.10 Å². The first kappa shape index (κ1) is 16.0. The molecule has 7 nitrogen and oxygen atoms in total. The van der Waals surface area contributed by atoms with Crippen molar-refractivity contribution in [3.8, 4) is 11.8 Å². The monoisotopic (exact) mass is 320 g/mol. The van der Waals surface area contributed by atoms with Crippen LogP contribution in [-0.4, -0.2) is 72.3 Å². The second-order valence-corrected chi connectivity index (χ2v) is 6.33. The van der Waals surface area contributed by atoms with Crippen LogP contribution in [0.25, 0.3) is 0 Å². The van der Waals surface area contributed by atoms with Gasteiger partial charge >= 0.3 is 0 Å². The molecule has 0 bridgehead atoms. The Morgan fingerprint density at radius 3 is 2.65 bits per heavy atom. The molecule has 0 aliphatic carbocycles. The first-order valence-corrected chi connectivity index (χ1v) is 8.17. The standard InChI is InChI=1S/C16H24N4O3/c1-19-8-3-4-12(10-19)16(21)20-9-7-13(11-20)23-15-6-5-14(22-2)17-18-15/h5-6,12-13H,3-4,7-11H2,1-2H3. The second kappa shape index (κ2) is 7.12. The van der Waals surface area contributed by atoms with Crippen molar-refractivity contribution in [2.45, 2.75) is 25.4 Å². The molecule has 2 saturated heterocycles. The van der Waals surface area contributed by atoms with Crippen LogP contribution in [0.1, 0.15) is 19.3 Å². The minimum atomic E-state index is -0.0111. The Kier molecular flexibility index (Phi) is 4.95. The van der Waals surface area contributed by atoms with Crippen molar-refractivity contribution in [2.24, 2.45) is 5.92 Å². The Morgan fingerprint density at radius 1 is 1.17 bits per heavy atom. The number of hydrogen-bond acceptors (Lipinski definition) is 6. The SMILES string of the molecule is COc1ccc(OC2CCN(C(=O)C3CCCN(C)C3)C2)nn1. The van der Waals surface area contributed by atoms with Gasteiger partial charge in [0.05, 0.1) is 19.6 Å². The third kappa shape index (κ3) is 3.90. The number of rotatable bonds is 4. The molecule has 0 radical (unpaired) electrons. The minimum Gasteiger partial charge on any atom is -0.480 e. The van der Waals surface area contributed by atoms with Crippen molar-refractivity contribution in [3.63, 3.8) is 0 Å². The Bertz CT molecular complexity index is 537. The summed E-state index contributed by atoms with van der Waals surface area (Å²) >= 11 is 0. The smallest absolute Gasteiger partial charge is 0.233 e. The summed E-state index contributed by atoms with van der Waals surface area (Å²) in [4.78, 5) is 16.8. The number of carbonyl (C=O) groups excluding carboxylic acids is 1. The zero-order valence-corrected chi connectivity index (χ0v) is 13.8. The van der Waals surface area contributed by atoms with E-state index in [0.717, 1.165) is 38.9 Å². The predicted octanol–water partition coefficient (Wildman–Crippen LogP) is 0.807. The first-order chi connectivity index (χ1) is 11.2. The van der Waals surface area contributed by atoms with E-state index in [1.54, 1.807) is 19.2 Å². The number of likely N-dealkylation sites (tertiary alicyclic amines) is 2. The molecule has 2 aliphatic rings. The fraction of sp³-hybridized carbons (Fsp3) is 0.688. The number of nitrogens with zero attached hydrogens (tertiary/aromatic N) is 4. The number of aromatic nitrogens is 2. The molecule has 0 saturated carbocycles. The van der Waals surface area contributed by atoms with Gasteiger partial charge in [-0.1, -0.05) is 0 Å². The van der Waals surface area contributed by atoms with Crippen LogP contribution in [0, 0.1) is 5.92 Å². The molecule has 3 rings (SSSR count). The highest BCUT2D eigenvalue weighted by atomic mass is 16.5. The average molecular weight is 320 g/mol. The fourth-order valence-corrected chi connectivity index (χ4v) is 3.30. The van der Waals surface area contributed by atoms with Crippen LogP contribution < -0.4 is 9.47 Å². The quantitative estimate of drug-likeness (QED) is 0.818. The largest absolute Gasteiger partial charge is 0.480 e. The van der Waals surface area contributed by atoms with E-state index in [2.05, 4.69) is 22.1 Å². The zero-order valence-electron chi connectivity index (χ0n) is 13.8. The third-order valence-electron chi connectivity index (χ3n) is 4.54. The lowest BCUT2D eigenvalue weighted by Gasteiger charge is -2.31. The Morgan fingerprint density at radius 2 is 1.96 bits per heavy atom. The van der Waals surface area contributed by atoms with Crippen molar-refractivity contribution in [3.05, 3.63) is 12.1 Å². The maximum Gasteiger partial charge on any atom is 0.233 e. The van der Waals surface area contributed by atoms with Crippen LogP contribution in [-0.2, 0) is 4.79 Å². The summed E-state index contributed by atoms with van der Waals surface area (Å²) in [5.74, 6) is 1.33. The highest BCUT2D eigenvalue weighted by molar-refractivity contribution is 5.79. The molecular weight excluding hydrogens is 296 g/mol. The Labute approximate surface area is 136 Å². The van der Waals surface area contributed by atoms with Crippen molar-refractivity contribution in [1.82, 2.24) is 20.0 Å². The third-order valence-corrected chi connectivity index (χ3v) is 4.54. The molecule has 3 heterocycles. The van der Waals surface area contributed by atoms with E-state index in [0.29, 0.717) is 18.3 Å². The van der Waals surface area contributed by atoms with Gasteiger partial charge in [0, 0.05) is 31.6 Å². The van der Waals surface area contributed by atoms with E-state index in [-0.39, 0.29) is 17.9 Å². The van der Waals surface area contributed by atoms with Gasteiger partial charge in [0.15, 0.2) is 0 Å². The molecule has 23 heavy (non-hydrogen) atoms. The van der Waals surface area contributed by atoms with E-state index in [9.17, 15) is 4.79 Å². The van der Waals surface area contributed by atoms with Gasteiger partial charge in [-0.25, -0.2) is 0 Å². The highest BCUT2D eigenvalue weighted by Crippen LogP contribution is 2.22. The number of carbonyl (C=O) groups is 1. The first-order valence-electron chi connectivity index (χ1n) is 8.17. The maximum atomic E-state index is 12.6. The van der Waals surface area contributed by atoms with Crippen molar-refractivity contribution >= 4 is 5.91 Å². The summed E-state index contributed by atoms with van der Waals surface area (Å²) in [6.07, 6.45) is 2.92. The predicted molar refractivity (Wildman–Crippen MR) is 84.4 cm³/mol. The molecule has 2 aliphatic heterocycles. The highest BCUT2D eigenvalue weighted by Gasteiger charge is 2.33. The number of piperidine rings is 1. The van der Waals surface area contributed by atoms with Gasteiger partial charge in [-0.2, -0.15) is 0 Å². The van der Waals surface area contributed by atoms with E-state index >= 15 is 0 Å². The van der Waals surface area contributed by atoms with Crippen LogP contribution in [0.2, 0.25) is 0 Å². The Balaban J connectivity index is 1.52. The van der Waals surface area contributed by atoms with Crippen LogP contribution in [0.15, 0.2) is 12.1 Å². The van der Waals surface area contributed by atoms with Crippen molar-refractivity contribution in [1.29, 1.82) is 0 Å². The van der Waals surface area contributed by atoms with Gasteiger partial charge < -0.3 is 19.3 Å². The average Bonchev–Trinajstić information content (AvgIpc) is 3.03. The number of hydrogen-bond donors (Lipinski definition) is 0. The van der Waals surface area contributed by atoms with Gasteiger partial charge in [-0.3, -0.25) is 4.79 Å². The van der Waals surface area contributed by atoms with E-state index < -0.39 is 0 Å². The van der Waals surface area contributed by atoms with Crippen molar-refractivity contribution < 1.29 is 14.3 Å². The molecule has 0 N–H and O–H groups in total. The van der Waals surface area contributed by atoms with Crippen LogP contribution in [0.4, 0.5) is 0 Å². The summed E-state index contributed by atoms with van der Waals surface area (Å²) in [7, 11) is 3.63. The topological polar surface area (TPSA) is 67.8 Å². The Hall–Kier alpha value is -1.89.